The Labute approximate surface area is 798 Å². The average molecular weight is 1930 g/mol. The molecule has 8 amide bonds. The standard InChI is InChI=1S/C17H23NO5.C15H20N2O4.C14H19N3O3.C14H20N2O4.C13H17N3O2.C12H18N2O4.C12H15NO5/c1-11(19)13-6-2-3-10-18(13)15(21)7-4-5-12-8-9-14(20)17(23)16(12)22;1-9-2-3-11(8-17-9)15(21)16-7-6-10-4-5-12(18)14(20)13(10)19;1-2-11(15)13(19)16-9-7-17(8-9)14(20)10-5-3-4-6-12(10)18;1-9(2)15-8-6-12(18)16-7-5-10-3-4-11(17)14(20)13(10)19;1-9(8-17)13(18)14-7-6-12-10-4-2-3-5-11(10)15-16-12;1-2-8(13)12(18)14-6-5-7-3-4-9(15)11(17)10(7)16;1-13-10(16)5-3-8(14)6-7-2-4-9(15)12(18)11(7)17/h8-9,13,20,22-23H,2-7,10H2,1H3;4-5,11,17-20H,1-3,6-8H2,(H,16,21);3-6,9,11,18H,2,7-8,15H2,1H3,(H,16,19);3-4,15,17,19-20H,1,5-8H2,2H3,(H,16,18);2-5,9,17H,6-8H2,1H3,(H,14,18)(H,15,16);3-4,8,15-17H,2,5-6,13H2,1H3,(H,14,18);2,4,15,17-18H,3,5-6H2,1H3,(H,13,16)/t;;11-;;;8-;/m..0..0./s1. The predicted molar refractivity (Wildman–Crippen MR) is 511 cm³/mol. The van der Waals surface area contributed by atoms with Gasteiger partial charge in [-0.15, -0.1) is 0 Å². The second kappa shape index (κ2) is 57.6. The molecule has 3 fully saturated rings. The highest BCUT2D eigenvalue weighted by Crippen LogP contribution is 2.42. The number of aromatic amines is 1. The second-order valence-electron chi connectivity index (χ2n) is 32.8. The van der Waals surface area contributed by atoms with Gasteiger partial charge in [0.25, 0.3) is 5.91 Å². The van der Waals surface area contributed by atoms with Crippen molar-refractivity contribution in [2.24, 2.45) is 23.3 Å². The van der Waals surface area contributed by atoms with Crippen molar-refractivity contribution in [1.29, 1.82) is 0 Å². The molecule has 41 heteroatoms. The van der Waals surface area contributed by atoms with Crippen LogP contribution in [0.4, 0.5) is 0 Å². The van der Waals surface area contributed by atoms with Crippen LogP contribution in [0, 0.1) is 11.8 Å². The highest BCUT2D eigenvalue weighted by Gasteiger charge is 2.35. The van der Waals surface area contributed by atoms with Gasteiger partial charge in [-0.05, 0) is 162 Å². The minimum absolute atomic E-state index is 0.0270. The molecule has 0 spiro atoms. The number of hydrogen-bond acceptors (Lipinski definition) is 32. The number of fused-ring (bicyclic) bond motifs is 1. The first-order valence-electron chi connectivity index (χ1n) is 45.0. The maximum absolute atomic E-state index is 12.3. The molecule has 0 aliphatic carbocycles. The first-order valence-corrected chi connectivity index (χ1v) is 45.0. The van der Waals surface area contributed by atoms with Crippen LogP contribution in [0.15, 0.2) is 134 Å². The van der Waals surface area contributed by atoms with Gasteiger partial charge >= 0.3 is 0 Å². The molecule has 3 aliphatic rings. The third kappa shape index (κ3) is 36.3. The van der Waals surface area contributed by atoms with Gasteiger partial charge in [0.1, 0.15) is 11.5 Å². The number of nitrogens with zero attached hydrogens (tertiary/aromatic N) is 3. The van der Waals surface area contributed by atoms with Crippen molar-refractivity contribution in [2.45, 2.75) is 174 Å². The van der Waals surface area contributed by atoms with Gasteiger partial charge in [-0.25, -0.2) is 0 Å². The molecule has 752 valence electrons. The number of piperidine rings is 2. The van der Waals surface area contributed by atoms with E-state index in [0.717, 1.165) is 60.1 Å². The third-order valence-electron chi connectivity index (χ3n) is 22.3. The number of aliphatic hydroxyl groups is 1. The first-order chi connectivity index (χ1) is 65.5. The quantitative estimate of drug-likeness (QED) is 0.0215. The number of aryl methyl sites for hydroxylation is 1. The summed E-state index contributed by atoms with van der Waals surface area (Å²) < 4.78 is 0. The number of nitrogens with one attached hydrogen (secondary N) is 9. The van der Waals surface area contributed by atoms with Gasteiger partial charge in [-0.2, -0.15) is 5.10 Å². The molecule has 1 aromatic heterocycles. The molecular weight excluding hydrogens is 1790 g/mol. The number of amides is 8. The van der Waals surface area contributed by atoms with Crippen molar-refractivity contribution in [3.05, 3.63) is 173 Å². The lowest BCUT2D eigenvalue weighted by Crippen LogP contribution is -2.62. The van der Waals surface area contributed by atoms with E-state index >= 15 is 0 Å². The number of Topliss-reactive ketones (excluding diaryl/α,β-unsaturated/α-hetero) is 2. The van der Waals surface area contributed by atoms with Crippen LogP contribution in [0.2, 0.25) is 0 Å². The van der Waals surface area contributed by atoms with Gasteiger partial charge in [0, 0.05) is 133 Å². The summed E-state index contributed by atoms with van der Waals surface area (Å²) in [5, 5.41) is 190. The van der Waals surface area contributed by atoms with E-state index in [2.05, 4.69) is 65.9 Å². The summed E-state index contributed by atoms with van der Waals surface area (Å²) in [4.78, 5) is 120. The molecule has 11 rings (SSSR count). The van der Waals surface area contributed by atoms with Crippen molar-refractivity contribution in [3.8, 4) is 92.0 Å². The van der Waals surface area contributed by atoms with E-state index in [9.17, 15) is 119 Å². The molecule has 0 bridgehead atoms. The van der Waals surface area contributed by atoms with E-state index in [-0.39, 0.29) is 178 Å². The monoisotopic (exact) mass is 1920 g/mol. The molecule has 30 N–H and O–H groups in total. The van der Waals surface area contributed by atoms with Crippen LogP contribution in [0.5, 0.6) is 92.0 Å². The number of nitrogens with two attached hydrogens (primary N) is 2. The Balaban J connectivity index is 0.000000285. The zero-order valence-corrected chi connectivity index (χ0v) is 78.3. The molecule has 5 atom stereocenters. The Bertz CT molecular complexity index is 5440. The van der Waals surface area contributed by atoms with E-state index in [1.165, 1.54) is 80.7 Å². The molecule has 0 radical (unpaired) electrons. The summed E-state index contributed by atoms with van der Waals surface area (Å²) in [6.45, 7) is 20.2. The predicted octanol–water partition coefficient (Wildman–Crippen LogP) is 5.61. The van der Waals surface area contributed by atoms with Crippen LogP contribution in [0.1, 0.15) is 156 Å². The normalized spacial score (nSPS) is 14.1. The first kappa shape index (κ1) is 113. The van der Waals surface area contributed by atoms with Gasteiger partial charge in [0.15, 0.2) is 63.3 Å². The lowest BCUT2D eigenvalue weighted by molar-refractivity contribution is -0.140. The van der Waals surface area contributed by atoms with Crippen molar-refractivity contribution in [3.63, 3.8) is 0 Å². The molecule has 8 aromatic rings. The SMILES string of the molecule is C=C(C)NCCC(=O)NCCc1ccc(O)c(O)c1O.C=C1CCC(C(=O)NCCc2ccc(O)c(O)c2O)CN1.CC(=O)C1CCCCN1C(=O)CCCc1ccc(O)c(O)c1O.CC(CO)C(=O)NCCc1[nH]nc2ccccc12.CC[C@H](N)C(=O)NC1CN(C(=O)c2ccccc2O)C1.CC[C@H](N)C(=O)NCCc1ccc(O)c(O)c1O.CNC(=O)CCC(=O)Cc1ccc(O)c(O)c1O. The van der Waals surface area contributed by atoms with Crippen LogP contribution < -0.4 is 54.0 Å². The fourth-order valence-electron chi connectivity index (χ4n) is 13.7. The molecule has 0 saturated carbocycles. The summed E-state index contributed by atoms with van der Waals surface area (Å²) in [5.74, 6) is -8.58. The van der Waals surface area contributed by atoms with Gasteiger partial charge in [-0.3, -0.25) is 53.0 Å². The number of aromatic nitrogens is 2. The van der Waals surface area contributed by atoms with Gasteiger partial charge in [0.2, 0.25) is 70.1 Å². The Kier molecular flexibility index (Phi) is 47.3. The summed E-state index contributed by atoms with van der Waals surface area (Å²) in [6, 6.07) is 26.6. The Morgan fingerprint density at radius 2 is 0.986 bits per heavy atom. The van der Waals surface area contributed by atoms with Crippen molar-refractivity contribution in [2.75, 3.05) is 72.6 Å². The highest BCUT2D eigenvalue weighted by atomic mass is 16.4. The Morgan fingerprint density at radius 1 is 0.507 bits per heavy atom. The topological polar surface area (TPSA) is 698 Å². The Hall–Kier alpha value is -15.1. The summed E-state index contributed by atoms with van der Waals surface area (Å²) in [5.41, 5.74) is 17.2. The number of ketones is 2. The molecule has 41 nitrogen and oxygen atoms in total. The van der Waals surface area contributed by atoms with Crippen molar-refractivity contribution < 1.29 is 135 Å². The zero-order chi connectivity index (χ0) is 103. The molecule has 4 heterocycles. The fourth-order valence-corrected chi connectivity index (χ4v) is 13.7. The Morgan fingerprint density at radius 3 is 1.49 bits per heavy atom. The molecule has 138 heavy (non-hydrogen) atoms. The minimum atomic E-state index is -0.647. The lowest BCUT2D eigenvalue weighted by Gasteiger charge is -2.40. The van der Waals surface area contributed by atoms with Crippen LogP contribution >= 0.6 is 0 Å². The number of carbonyl (C=O) groups excluding carboxylic acids is 10. The minimum Gasteiger partial charge on any atom is -0.507 e. The van der Waals surface area contributed by atoms with Crippen molar-refractivity contribution >= 4 is 69.7 Å². The van der Waals surface area contributed by atoms with Gasteiger partial charge in [-0.1, -0.05) is 94.6 Å². The number of rotatable bonds is 35. The molecule has 3 saturated heterocycles. The molecule has 3 unspecified atom stereocenters. The number of aromatic hydroxyl groups is 16. The summed E-state index contributed by atoms with van der Waals surface area (Å²) in [6.07, 6.45) is 8.65. The number of H-pyrrole nitrogens is 1. The highest BCUT2D eigenvalue weighted by molar-refractivity contribution is 5.97. The third-order valence-corrected chi connectivity index (χ3v) is 22.3. The van der Waals surface area contributed by atoms with Gasteiger partial charge < -0.3 is 151 Å². The van der Waals surface area contributed by atoms with Crippen LogP contribution in [0.25, 0.3) is 10.9 Å². The van der Waals surface area contributed by atoms with Crippen molar-refractivity contribution in [1.82, 2.24) is 62.5 Å². The van der Waals surface area contributed by atoms with Gasteiger partial charge in [0.05, 0.1) is 53.7 Å². The maximum atomic E-state index is 12.3. The van der Waals surface area contributed by atoms with E-state index < -0.39 is 52.3 Å². The number of phenolic OH excluding ortho intramolecular Hbond substituents is 16. The summed E-state index contributed by atoms with van der Waals surface area (Å²) in [7, 11) is 1.48. The fraction of sp³-hybridized carbons (Fsp3) is 0.412. The van der Waals surface area contributed by atoms with Crippen LogP contribution in [-0.4, -0.2) is 262 Å². The largest absolute Gasteiger partial charge is 0.507 e. The number of hydrogen-bond donors (Lipinski definition) is 28. The molecular formula is C97H132N14O27. The number of phenols is 16. The number of aliphatic hydroxyl groups excluding tert-OH is 1. The van der Waals surface area contributed by atoms with E-state index in [1.807, 2.05) is 45.0 Å². The number of para-hydroxylation sites is 2. The zero-order valence-electron chi connectivity index (χ0n) is 78.3. The maximum Gasteiger partial charge on any atom is 0.257 e. The number of allylic oxidation sites excluding steroid dienone is 2. The van der Waals surface area contributed by atoms with E-state index in [0.29, 0.717) is 139 Å². The van der Waals surface area contributed by atoms with Crippen LogP contribution in [-0.2, 0) is 81.7 Å². The number of carbonyl (C=O) groups is 10. The smallest absolute Gasteiger partial charge is 0.257 e. The molecule has 7 aromatic carbocycles. The second-order valence-corrected chi connectivity index (χ2v) is 32.8. The number of benzene rings is 7. The van der Waals surface area contributed by atoms with Crippen LogP contribution in [0.3, 0.4) is 0 Å². The summed E-state index contributed by atoms with van der Waals surface area (Å²) >= 11 is 0. The molecule has 3 aliphatic heterocycles. The average Bonchev–Trinajstić information content (AvgIpc) is 0.903. The van der Waals surface area contributed by atoms with E-state index in [1.54, 1.807) is 34.9 Å². The lowest BCUT2D eigenvalue weighted by atomic mass is 9.97. The number of likely N-dealkylation sites (tertiary alicyclic amines) is 2. The van der Waals surface area contributed by atoms with E-state index in [4.69, 9.17) is 26.8 Å².